The summed E-state index contributed by atoms with van der Waals surface area (Å²) in [6.45, 7) is 2.95. The molecule has 0 aromatic carbocycles. The number of carbonyl (C=O) groups is 1. The normalized spacial score (nSPS) is 12.1. The second kappa shape index (κ2) is 6.09. The topological polar surface area (TPSA) is 60.9 Å². The highest BCUT2D eigenvalue weighted by Gasteiger charge is 2.15. The lowest BCUT2D eigenvalue weighted by atomic mass is 10.1. The van der Waals surface area contributed by atoms with E-state index < -0.39 is 6.04 Å². The highest BCUT2D eigenvalue weighted by Crippen LogP contribution is 2.03. The first-order valence-electron chi connectivity index (χ1n) is 5.40. The molecule has 0 saturated carbocycles. The molecule has 0 spiro atoms. The molecule has 1 aromatic heterocycles. The molecule has 1 aromatic rings. The summed E-state index contributed by atoms with van der Waals surface area (Å²) >= 11 is 0. The number of nitrogens with two attached hydrogens (primary N) is 1. The summed E-state index contributed by atoms with van der Waals surface area (Å²) in [4.78, 5) is 15.8. The number of terminal acetylenes is 1. The fraction of sp³-hybridized carbons (Fsp3) is 0.500. The molecule has 2 N–H and O–H groups in total. The van der Waals surface area contributed by atoms with Crippen LogP contribution in [0.4, 0.5) is 0 Å². The van der Waals surface area contributed by atoms with Crippen molar-refractivity contribution < 1.29 is 4.79 Å². The number of aromatic nitrogens is 2. The number of hydrogen-bond acceptors (Lipinski definition) is 3. The quantitative estimate of drug-likeness (QED) is 0.718. The molecule has 0 amide bonds. The van der Waals surface area contributed by atoms with Gasteiger partial charge in [0, 0.05) is 25.4 Å². The number of nitrogens with zero attached hydrogens (tertiary/aromatic N) is 2. The zero-order valence-corrected chi connectivity index (χ0v) is 9.52. The molecule has 1 heterocycles. The predicted molar refractivity (Wildman–Crippen MR) is 62.7 cm³/mol. The Morgan fingerprint density at radius 1 is 1.75 bits per heavy atom. The molecule has 4 nitrogen and oxygen atoms in total. The fourth-order valence-electron chi connectivity index (χ4n) is 1.48. The van der Waals surface area contributed by atoms with E-state index in [1.54, 1.807) is 6.20 Å². The van der Waals surface area contributed by atoms with Gasteiger partial charge in [0.15, 0.2) is 5.78 Å². The molecule has 86 valence electrons. The molecular formula is C12H17N3O. The van der Waals surface area contributed by atoms with Crippen LogP contribution in [0.2, 0.25) is 0 Å². The van der Waals surface area contributed by atoms with Crippen LogP contribution in [0.25, 0.3) is 0 Å². The van der Waals surface area contributed by atoms with E-state index in [2.05, 4.69) is 17.8 Å². The minimum atomic E-state index is -0.572. The van der Waals surface area contributed by atoms with Crippen LogP contribution >= 0.6 is 0 Å². The van der Waals surface area contributed by atoms with E-state index in [0.717, 1.165) is 18.8 Å². The maximum Gasteiger partial charge on any atom is 0.157 e. The van der Waals surface area contributed by atoms with Crippen LogP contribution in [-0.4, -0.2) is 21.4 Å². The lowest BCUT2D eigenvalue weighted by molar-refractivity contribution is -0.119. The third-order valence-corrected chi connectivity index (χ3v) is 2.35. The molecule has 0 radical (unpaired) electrons. The number of ketones is 1. The van der Waals surface area contributed by atoms with Crippen LogP contribution in [0.15, 0.2) is 12.4 Å². The van der Waals surface area contributed by atoms with E-state index in [9.17, 15) is 4.79 Å². The molecular weight excluding hydrogens is 202 g/mol. The van der Waals surface area contributed by atoms with Crippen LogP contribution in [-0.2, 0) is 17.8 Å². The van der Waals surface area contributed by atoms with Gasteiger partial charge in [0.1, 0.15) is 5.82 Å². The van der Waals surface area contributed by atoms with E-state index in [-0.39, 0.29) is 18.6 Å². The number of imidazole rings is 1. The molecule has 0 aliphatic rings. The van der Waals surface area contributed by atoms with Gasteiger partial charge in [0.2, 0.25) is 0 Å². The first-order chi connectivity index (χ1) is 7.69. The van der Waals surface area contributed by atoms with Gasteiger partial charge in [-0.15, -0.1) is 12.3 Å². The first-order valence-corrected chi connectivity index (χ1v) is 5.40. The van der Waals surface area contributed by atoms with Crippen LogP contribution in [0.1, 0.15) is 25.6 Å². The van der Waals surface area contributed by atoms with Crippen molar-refractivity contribution in [3.8, 4) is 12.3 Å². The summed E-state index contributed by atoms with van der Waals surface area (Å²) in [5.74, 6) is 3.10. The van der Waals surface area contributed by atoms with Gasteiger partial charge < -0.3 is 10.3 Å². The lowest BCUT2D eigenvalue weighted by Crippen LogP contribution is -2.32. The SMILES string of the molecule is C#CCC(N)C(=O)Cc1nccn1CCC. The summed E-state index contributed by atoms with van der Waals surface area (Å²) in [6.07, 6.45) is 10.2. The fourth-order valence-corrected chi connectivity index (χ4v) is 1.48. The molecule has 0 saturated heterocycles. The molecule has 0 aliphatic carbocycles. The second-order valence-electron chi connectivity index (χ2n) is 3.69. The highest BCUT2D eigenvalue weighted by molar-refractivity contribution is 5.85. The maximum absolute atomic E-state index is 11.7. The van der Waals surface area contributed by atoms with Crippen molar-refractivity contribution in [2.45, 2.75) is 38.8 Å². The Morgan fingerprint density at radius 3 is 3.12 bits per heavy atom. The predicted octanol–water partition coefficient (Wildman–Crippen LogP) is 0.755. The Hall–Kier alpha value is -1.60. The molecule has 16 heavy (non-hydrogen) atoms. The third-order valence-electron chi connectivity index (χ3n) is 2.35. The van der Waals surface area contributed by atoms with Crippen molar-refractivity contribution in [1.82, 2.24) is 9.55 Å². The third kappa shape index (κ3) is 3.21. The van der Waals surface area contributed by atoms with Gasteiger partial charge in [-0.3, -0.25) is 4.79 Å². The maximum atomic E-state index is 11.7. The zero-order chi connectivity index (χ0) is 12.0. The first kappa shape index (κ1) is 12.5. The standard InChI is InChI=1S/C12H17N3O/c1-3-5-10(13)11(16)9-12-14-6-8-15(12)7-4-2/h1,6,8,10H,4-5,7,9,13H2,2H3. The molecule has 1 unspecified atom stereocenters. The highest BCUT2D eigenvalue weighted by atomic mass is 16.1. The van der Waals surface area contributed by atoms with Crippen molar-refractivity contribution >= 4 is 5.78 Å². The minimum absolute atomic E-state index is 0.0542. The van der Waals surface area contributed by atoms with Crippen molar-refractivity contribution in [3.05, 3.63) is 18.2 Å². The van der Waals surface area contributed by atoms with Gasteiger partial charge >= 0.3 is 0 Å². The van der Waals surface area contributed by atoms with E-state index >= 15 is 0 Å². The number of Topliss-reactive ketones (excluding diaryl/α,β-unsaturated/α-hetero) is 1. The summed E-state index contributed by atoms with van der Waals surface area (Å²) < 4.78 is 1.97. The Kier molecular flexibility index (Phi) is 4.74. The Morgan fingerprint density at radius 2 is 2.50 bits per heavy atom. The lowest BCUT2D eigenvalue weighted by Gasteiger charge is -2.08. The zero-order valence-electron chi connectivity index (χ0n) is 9.52. The summed E-state index contributed by atoms with van der Waals surface area (Å²) in [5, 5.41) is 0. The van der Waals surface area contributed by atoms with Crippen molar-refractivity contribution in [2.75, 3.05) is 0 Å². The molecule has 4 heteroatoms. The van der Waals surface area contributed by atoms with E-state index in [1.807, 2.05) is 10.8 Å². The second-order valence-corrected chi connectivity index (χ2v) is 3.69. The number of hydrogen-bond donors (Lipinski definition) is 1. The Bertz CT molecular complexity index is 389. The van der Waals surface area contributed by atoms with Gasteiger partial charge in [-0.25, -0.2) is 4.98 Å². The Balaban J connectivity index is 2.62. The van der Waals surface area contributed by atoms with Crippen molar-refractivity contribution in [3.63, 3.8) is 0 Å². The molecule has 1 atom stereocenters. The van der Waals surface area contributed by atoms with Gasteiger partial charge in [-0.1, -0.05) is 6.92 Å². The molecule has 1 rings (SSSR count). The molecule has 0 aliphatic heterocycles. The van der Waals surface area contributed by atoms with Crippen LogP contribution < -0.4 is 5.73 Å². The van der Waals surface area contributed by atoms with Gasteiger partial charge in [0.05, 0.1) is 12.5 Å². The van der Waals surface area contributed by atoms with Gasteiger partial charge in [-0.2, -0.15) is 0 Å². The van der Waals surface area contributed by atoms with Gasteiger partial charge in [0.25, 0.3) is 0 Å². The van der Waals surface area contributed by atoms with Crippen LogP contribution in [0, 0.1) is 12.3 Å². The van der Waals surface area contributed by atoms with Gasteiger partial charge in [-0.05, 0) is 6.42 Å². The monoisotopic (exact) mass is 219 g/mol. The molecule has 0 bridgehead atoms. The summed E-state index contributed by atoms with van der Waals surface area (Å²) in [6, 6.07) is -0.572. The van der Waals surface area contributed by atoms with Crippen LogP contribution in [0.3, 0.4) is 0 Å². The smallest absolute Gasteiger partial charge is 0.157 e. The van der Waals surface area contributed by atoms with E-state index in [4.69, 9.17) is 12.2 Å². The average molecular weight is 219 g/mol. The Labute approximate surface area is 95.9 Å². The number of rotatable bonds is 6. The van der Waals surface area contributed by atoms with E-state index in [1.165, 1.54) is 0 Å². The van der Waals surface area contributed by atoms with Crippen molar-refractivity contribution in [1.29, 1.82) is 0 Å². The number of aryl methyl sites for hydroxylation is 1. The van der Waals surface area contributed by atoms with Crippen molar-refractivity contribution in [2.24, 2.45) is 5.73 Å². The number of carbonyl (C=O) groups excluding carboxylic acids is 1. The van der Waals surface area contributed by atoms with Crippen LogP contribution in [0.5, 0.6) is 0 Å². The molecule has 0 fully saturated rings. The van der Waals surface area contributed by atoms with E-state index in [0.29, 0.717) is 0 Å². The summed E-state index contributed by atoms with van der Waals surface area (Å²) in [7, 11) is 0. The average Bonchev–Trinajstić information content (AvgIpc) is 2.67. The summed E-state index contributed by atoms with van der Waals surface area (Å²) in [5.41, 5.74) is 5.64. The minimum Gasteiger partial charge on any atom is -0.335 e. The largest absolute Gasteiger partial charge is 0.335 e.